The third kappa shape index (κ3) is 4.45. The fourth-order valence-corrected chi connectivity index (χ4v) is 8.68. The van der Waals surface area contributed by atoms with Gasteiger partial charge in [-0.05, 0) is 41.3 Å². The van der Waals surface area contributed by atoms with Gasteiger partial charge in [0.05, 0.1) is 16.6 Å². The molecule has 0 bridgehead atoms. The molecule has 2 aliphatic rings. The van der Waals surface area contributed by atoms with Gasteiger partial charge in [-0.25, -0.2) is 4.90 Å². The topological polar surface area (TPSA) is 88.5 Å². The lowest BCUT2D eigenvalue weighted by molar-refractivity contribution is -0.122. The first kappa shape index (κ1) is 26.7. The Balaban J connectivity index is 1.28. The van der Waals surface area contributed by atoms with Gasteiger partial charge in [0, 0.05) is 26.9 Å². The van der Waals surface area contributed by atoms with E-state index in [4.69, 9.17) is 11.6 Å². The second-order valence-corrected chi connectivity index (χ2v) is 12.7. The first-order valence-electron chi connectivity index (χ1n) is 13.3. The van der Waals surface area contributed by atoms with Crippen molar-refractivity contribution < 1.29 is 14.4 Å². The number of fused-ring (bicyclic) bond motifs is 3. The first-order valence-corrected chi connectivity index (χ1v) is 15.3. The summed E-state index contributed by atoms with van der Waals surface area (Å²) in [6, 6.07) is 29.4. The number of anilines is 2. The van der Waals surface area contributed by atoms with Crippen molar-refractivity contribution in [3.63, 3.8) is 0 Å². The highest BCUT2D eigenvalue weighted by Crippen LogP contribution is 2.53. The summed E-state index contributed by atoms with van der Waals surface area (Å²) in [6.45, 7) is -0.226. The Morgan fingerprint density at radius 3 is 2.33 bits per heavy atom. The Morgan fingerprint density at radius 1 is 0.833 bits per heavy atom. The number of para-hydroxylation sites is 1. The molecule has 10 heteroatoms. The number of thioether (sulfide) groups is 1. The van der Waals surface area contributed by atoms with Gasteiger partial charge in [-0.15, -0.1) is 0 Å². The maximum absolute atomic E-state index is 13.9. The second-order valence-electron chi connectivity index (χ2n) is 10.1. The highest BCUT2D eigenvalue weighted by molar-refractivity contribution is 8.00. The number of hydrogen-bond donors (Lipinski definition) is 1. The Labute approximate surface area is 253 Å². The minimum absolute atomic E-state index is 0.226. The number of nitrogens with zero attached hydrogens (tertiary/aromatic N) is 2. The van der Waals surface area contributed by atoms with Crippen molar-refractivity contribution in [2.45, 2.75) is 22.7 Å². The van der Waals surface area contributed by atoms with Gasteiger partial charge >= 0.3 is 4.87 Å². The fourth-order valence-electron chi connectivity index (χ4n) is 5.78. The zero-order valence-electron chi connectivity index (χ0n) is 21.9. The van der Waals surface area contributed by atoms with E-state index in [1.807, 2.05) is 60.7 Å². The lowest BCUT2D eigenvalue weighted by atomic mass is 9.83. The molecule has 0 saturated carbocycles. The molecule has 1 aromatic heterocycles. The number of imide groups is 1. The summed E-state index contributed by atoms with van der Waals surface area (Å²) in [5.74, 6) is -2.27. The smallest absolute Gasteiger partial charge is 0.308 e. The molecule has 2 aliphatic heterocycles. The molecular weight excluding hydrogens is 590 g/mol. The molecule has 1 saturated heterocycles. The van der Waals surface area contributed by atoms with Gasteiger partial charge in [0.25, 0.3) is 0 Å². The van der Waals surface area contributed by atoms with Crippen LogP contribution in [0.2, 0.25) is 5.02 Å². The zero-order valence-corrected chi connectivity index (χ0v) is 24.3. The van der Waals surface area contributed by atoms with Gasteiger partial charge in [-0.1, -0.05) is 101 Å². The molecular formula is C32H22ClN3O4S2. The van der Waals surface area contributed by atoms with E-state index in [2.05, 4.69) is 5.32 Å². The Hall–Kier alpha value is -4.18. The van der Waals surface area contributed by atoms with Crippen LogP contribution >= 0.6 is 34.7 Å². The van der Waals surface area contributed by atoms with E-state index in [0.717, 1.165) is 27.7 Å². The summed E-state index contributed by atoms with van der Waals surface area (Å²) < 4.78 is 1.42. The fraction of sp³-hybridized carbons (Fsp3) is 0.125. The van der Waals surface area contributed by atoms with Crippen molar-refractivity contribution in [2.75, 3.05) is 10.2 Å². The van der Waals surface area contributed by atoms with Crippen LogP contribution in [0.1, 0.15) is 16.4 Å². The molecule has 5 aromatic rings. The van der Waals surface area contributed by atoms with Crippen molar-refractivity contribution in [1.82, 2.24) is 4.57 Å². The second kappa shape index (κ2) is 10.6. The Kier molecular flexibility index (Phi) is 6.73. The van der Waals surface area contributed by atoms with Crippen molar-refractivity contribution in [1.29, 1.82) is 0 Å². The van der Waals surface area contributed by atoms with Crippen LogP contribution in [0.15, 0.2) is 107 Å². The van der Waals surface area contributed by atoms with E-state index in [1.54, 1.807) is 36.4 Å². The minimum Gasteiger partial charge on any atom is -0.324 e. The van der Waals surface area contributed by atoms with Gasteiger partial charge in [-0.3, -0.25) is 23.7 Å². The minimum atomic E-state index is -0.757. The maximum atomic E-state index is 13.9. The summed E-state index contributed by atoms with van der Waals surface area (Å²) in [4.78, 5) is 56.0. The van der Waals surface area contributed by atoms with Crippen LogP contribution in [-0.2, 0) is 20.9 Å². The predicted molar refractivity (Wildman–Crippen MR) is 167 cm³/mol. The van der Waals surface area contributed by atoms with E-state index in [9.17, 15) is 19.2 Å². The van der Waals surface area contributed by atoms with E-state index < -0.39 is 17.1 Å². The first-order chi connectivity index (χ1) is 20.4. The number of halogens is 1. The highest BCUT2D eigenvalue weighted by atomic mass is 35.5. The molecule has 2 unspecified atom stereocenters. The van der Waals surface area contributed by atoms with Crippen LogP contribution in [0.4, 0.5) is 11.4 Å². The van der Waals surface area contributed by atoms with Crippen molar-refractivity contribution in [3.8, 4) is 0 Å². The van der Waals surface area contributed by atoms with Gasteiger partial charge in [-0.2, -0.15) is 0 Å². The number of hydrogen-bond acceptors (Lipinski definition) is 6. The third-order valence-electron chi connectivity index (χ3n) is 7.66. The molecule has 0 aliphatic carbocycles. The number of rotatable bonds is 5. The summed E-state index contributed by atoms with van der Waals surface area (Å²) >= 11 is 8.39. The number of carbonyl (C=O) groups is 3. The lowest BCUT2D eigenvalue weighted by Crippen LogP contribution is -2.33. The monoisotopic (exact) mass is 611 g/mol. The normalized spacial score (nSPS) is 19.5. The number of aromatic nitrogens is 1. The largest absolute Gasteiger partial charge is 0.324 e. The summed E-state index contributed by atoms with van der Waals surface area (Å²) in [7, 11) is 0. The Morgan fingerprint density at radius 2 is 1.55 bits per heavy atom. The average Bonchev–Trinajstić information content (AvgIpc) is 3.44. The van der Waals surface area contributed by atoms with Gasteiger partial charge < -0.3 is 5.32 Å². The van der Waals surface area contributed by atoms with Crippen molar-refractivity contribution >= 4 is 74.6 Å². The summed E-state index contributed by atoms with van der Waals surface area (Å²) in [5, 5.41) is 5.15. The highest BCUT2D eigenvalue weighted by Gasteiger charge is 2.56. The molecule has 42 heavy (non-hydrogen) atoms. The molecule has 3 amide bonds. The number of thiazole rings is 1. The SMILES string of the molecule is O=C(Cn1c2c(sc1=O)[C@H](c1ccc(Cl)cc1)C1C(=O)N(c3ccccc3)C(=O)C1S2)Nc1cccc2ccccc12. The van der Waals surface area contributed by atoms with E-state index in [0.29, 0.717) is 26.3 Å². The van der Waals surface area contributed by atoms with Gasteiger partial charge in [0.2, 0.25) is 17.7 Å². The van der Waals surface area contributed by atoms with Crippen molar-refractivity contribution in [3.05, 3.63) is 122 Å². The van der Waals surface area contributed by atoms with Crippen LogP contribution in [-0.4, -0.2) is 27.5 Å². The van der Waals surface area contributed by atoms with E-state index in [1.165, 1.54) is 21.2 Å². The summed E-state index contributed by atoms with van der Waals surface area (Å²) in [5.41, 5.74) is 1.94. The molecule has 1 N–H and O–H groups in total. The van der Waals surface area contributed by atoms with Crippen LogP contribution in [0, 0.1) is 5.92 Å². The molecule has 1 fully saturated rings. The number of carbonyl (C=O) groups excluding carboxylic acids is 3. The van der Waals surface area contributed by atoms with Crippen LogP contribution < -0.4 is 15.1 Å². The molecule has 0 spiro atoms. The standard InChI is InChI=1S/C32H22ClN3O4S2/c33-20-15-13-19(14-16-20)25-26-27(30(39)36(29(26)38)21-9-2-1-3-10-21)41-31-28(25)42-32(40)35(31)17-24(37)34-23-12-6-8-18-7-4-5-11-22(18)23/h1-16,25-27H,17H2,(H,34,37)/t25-,26?,27?/m1/s1. The predicted octanol–water partition coefficient (Wildman–Crippen LogP) is 6.15. The number of benzene rings is 4. The van der Waals surface area contributed by atoms with E-state index in [-0.39, 0.29) is 29.1 Å². The van der Waals surface area contributed by atoms with Crippen LogP contribution in [0.3, 0.4) is 0 Å². The molecule has 3 heterocycles. The quantitative estimate of drug-likeness (QED) is 0.241. The van der Waals surface area contributed by atoms with Crippen LogP contribution in [0.5, 0.6) is 0 Å². The molecule has 208 valence electrons. The molecule has 3 atom stereocenters. The van der Waals surface area contributed by atoms with E-state index >= 15 is 0 Å². The molecule has 7 rings (SSSR count). The number of amides is 3. The molecule has 7 nitrogen and oxygen atoms in total. The van der Waals surface area contributed by atoms with Gasteiger partial charge in [0.1, 0.15) is 11.8 Å². The molecule has 0 radical (unpaired) electrons. The average molecular weight is 612 g/mol. The Bertz CT molecular complexity index is 1930. The van der Waals surface area contributed by atoms with Crippen LogP contribution in [0.25, 0.3) is 10.8 Å². The number of nitrogens with one attached hydrogen (secondary N) is 1. The molecule has 4 aromatic carbocycles. The maximum Gasteiger partial charge on any atom is 0.308 e. The zero-order chi connectivity index (χ0) is 29.0. The van der Waals surface area contributed by atoms with Gasteiger partial charge in [0.15, 0.2) is 0 Å². The van der Waals surface area contributed by atoms with Crippen molar-refractivity contribution in [2.24, 2.45) is 5.92 Å². The lowest BCUT2D eigenvalue weighted by Gasteiger charge is -2.30. The summed E-state index contributed by atoms with van der Waals surface area (Å²) in [6.07, 6.45) is 0. The third-order valence-corrected chi connectivity index (χ3v) is 10.5.